The molecule has 2 aromatic carbocycles. The molecule has 0 aliphatic carbocycles. The summed E-state index contributed by atoms with van der Waals surface area (Å²) in [5, 5.41) is 0.333. The van der Waals surface area contributed by atoms with Gasteiger partial charge in [0.15, 0.2) is 0 Å². The third kappa shape index (κ3) is 4.40. The van der Waals surface area contributed by atoms with Crippen LogP contribution in [0.1, 0.15) is 33.0 Å². The maximum atomic E-state index is 13.4. The molecule has 2 rings (SSSR count). The molecule has 0 aliphatic heterocycles. The highest BCUT2D eigenvalue weighted by Crippen LogP contribution is 2.39. The number of rotatable bonds is 4. The van der Waals surface area contributed by atoms with Gasteiger partial charge in [0.2, 0.25) is 0 Å². The van der Waals surface area contributed by atoms with Gasteiger partial charge in [-0.05, 0) is 29.7 Å². The molecule has 0 fully saturated rings. The molecule has 1 atom stereocenters. The SMILES string of the molecule is Cc1cc(C(/C=C/c2ccc(C=O)cc2)C(F)(F)F)cc(Cl)c1Cl. The zero-order valence-electron chi connectivity index (χ0n) is 12.6. The first-order chi connectivity index (χ1) is 11.2. The standard InChI is InChI=1S/C18H13Cl2F3O/c1-11-8-14(9-16(19)17(11)20)15(18(21,22)23)7-6-12-2-4-13(10-24)5-3-12/h2-10,15H,1H3/b7-6+. The van der Waals surface area contributed by atoms with Crippen LogP contribution < -0.4 is 0 Å². The number of allylic oxidation sites excluding steroid dienone is 1. The minimum atomic E-state index is -4.47. The van der Waals surface area contributed by atoms with Gasteiger partial charge >= 0.3 is 6.18 Å². The predicted octanol–water partition coefficient (Wildman–Crippen LogP) is 6.47. The van der Waals surface area contributed by atoms with Gasteiger partial charge in [0.25, 0.3) is 0 Å². The number of aryl methyl sites for hydroxylation is 1. The number of hydrogen-bond donors (Lipinski definition) is 0. The monoisotopic (exact) mass is 372 g/mol. The van der Waals surface area contributed by atoms with Gasteiger partial charge in [0.05, 0.1) is 16.0 Å². The average Bonchev–Trinajstić information content (AvgIpc) is 2.52. The third-order valence-corrected chi connectivity index (χ3v) is 4.39. The molecule has 0 N–H and O–H groups in total. The normalized spacial score (nSPS) is 13.2. The van der Waals surface area contributed by atoms with Crippen LogP contribution in [0.2, 0.25) is 10.0 Å². The molecule has 1 unspecified atom stereocenters. The Bertz CT molecular complexity index is 742. The molecule has 126 valence electrons. The highest BCUT2D eigenvalue weighted by atomic mass is 35.5. The smallest absolute Gasteiger partial charge is 0.298 e. The van der Waals surface area contributed by atoms with E-state index in [1.165, 1.54) is 18.2 Å². The number of benzene rings is 2. The van der Waals surface area contributed by atoms with E-state index in [0.29, 0.717) is 23.0 Å². The quantitative estimate of drug-likeness (QED) is 0.561. The molecule has 0 aliphatic rings. The number of alkyl halides is 3. The Morgan fingerprint density at radius 1 is 1.04 bits per heavy atom. The summed E-state index contributed by atoms with van der Waals surface area (Å²) in [6.45, 7) is 1.60. The van der Waals surface area contributed by atoms with E-state index in [1.54, 1.807) is 31.2 Å². The van der Waals surface area contributed by atoms with Gasteiger partial charge < -0.3 is 0 Å². The minimum absolute atomic E-state index is 0.0233. The lowest BCUT2D eigenvalue weighted by molar-refractivity contribution is -0.139. The second kappa shape index (κ2) is 7.41. The Morgan fingerprint density at radius 3 is 2.12 bits per heavy atom. The van der Waals surface area contributed by atoms with Crippen molar-refractivity contribution in [3.63, 3.8) is 0 Å². The fraction of sp³-hybridized carbons (Fsp3) is 0.167. The highest BCUT2D eigenvalue weighted by Gasteiger charge is 2.39. The van der Waals surface area contributed by atoms with Crippen molar-refractivity contribution in [3.05, 3.63) is 74.8 Å². The lowest BCUT2D eigenvalue weighted by Crippen LogP contribution is -2.19. The largest absolute Gasteiger partial charge is 0.399 e. The lowest BCUT2D eigenvalue weighted by atomic mass is 9.95. The van der Waals surface area contributed by atoms with Crippen molar-refractivity contribution in [2.75, 3.05) is 0 Å². The van der Waals surface area contributed by atoms with Crippen LogP contribution in [0.25, 0.3) is 6.08 Å². The Labute approximate surface area is 147 Å². The van der Waals surface area contributed by atoms with Crippen molar-refractivity contribution >= 4 is 35.6 Å². The zero-order valence-corrected chi connectivity index (χ0v) is 14.1. The van der Waals surface area contributed by atoms with Gasteiger partial charge in [-0.1, -0.05) is 65.7 Å². The number of carbonyl (C=O) groups excluding carboxylic acids is 1. The van der Waals surface area contributed by atoms with E-state index in [2.05, 4.69) is 0 Å². The van der Waals surface area contributed by atoms with Gasteiger partial charge in [-0.2, -0.15) is 13.2 Å². The minimum Gasteiger partial charge on any atom is -0.298 e. The van der Waals surface area contributed by atoms with Crippen molar-refractivity contribution in [2.24, 2.45) is 0 Å². The molecule has 0 saturated heterocycles. The van der Waals surface area contributed by atoms with E-state index in [1.807, 2.05) is 0 Å². The number of carbonyl (C=O) groups is 1. The summed E-state index contributed by atoms with van der Waals surface area (Å²) < 4.78 is 40.3. The van der Waals surface area contributed by atoms with E-state index in [0.717, 1.165) is 6.08 Å². The maximum absolute atomic E-state index is 13.4. The molecular weight excluding hydrogens is 360 g/mol. The molecule has 24 heavy (non-hydrogen) atoms. The number of aldehydes is 1. The average molecular weight is 373 g/mol. The Balaban J connectivity index is 2.39. The molecule has 1 nitrogen and oxygen atoms in total. The molecule has 6 heteroatoms. The Hall–Kier alpha value is -1.78. The molecule has 0 bridgehead atoms. The fourth-order valence-electron chi connectivity index (χ4n) is 2.23. The Kier molecular flexibility index (Phi) is 5.73. The van der Waals surface area contributed by atoms with Crippen molar-refractivity contribution in [3.8, 4) is 0 Å². The van der Waals surface area contributed by atoms with Crippen LogP contribution in [0.5, 0.6) is 0 Å². The maximum Gasteiger partial charge on any atom is 0.399 e. The van der Waals surface area contributed by atoms with Crippen LogP contribution in [0.4, 0.5) is 13.2 Å². The van der Waals surface area contributed by atoms with Gasteiger partial charge in [-0.25, -0.2) is 0 Å². The molecule has 2 aromatic rings. The second-order valence-corrected chi connectivity index (χ2v) is 6.08. The van der Waals surface area contributed by atoms with Crippen LogP contribution in [-0.2, 0) is 0 Å². The van der Waals surface area contributed by atoms with E-state index >= 15 is 0 Å². The summed E-state index contributed by atoms with van der Waals surface area (Å²) in [4.78, 5) is 10.6. The summed E-state index contributed by atoms with van der Waals surface area (Å²) in [6, 6.07) is 8.85. The summed E-state index contributed by atoms with van der Waals surface area (Å²) in [5.74, 6) is -1.81. The van der Waals surface area contributed by atoms with Gasteiger partial charge in [-0.15, -0.1) is 0 Å². The first-order valence-electron chi connectivity index (χ1n) is 6.98. The van der Waals surface area contributed by atoms with E-state index < -0.39 is 12.1 Å². The molecule has 0 saturated carbocycles. The zero-order chi connectivity index (χ0) is 17.9. The van der Waals surface area contributed by atoms with Crippen molar-refractivity contribution < 1.29 is 18.0 Å². The van der Waals surface area contributed by atoms with Crippen LogP contribution in [-0.4, -0.2) is 12.5 Å². The number of hydrogen-bond acceptors (Lipinski definition) is 1. The predicted molar refractivity (Wildman–Crippen MR) is 90.9 cm³/mol. The second-order valence-electron chi connectivity index (χ2n) is 5.30. The van der Waals surface area contributed by atoms with Crippen LogP contribution in [0.15, 0.2) is 42.5 Å². The van der Waals surface area contributed by atoms with Gasteiger partial charge in [-0.3, -0.25) is 4.79 Å². The van der Waals surface area contributed by atoms with Crippen molar-refractivity contribution in [1.82, 2.24) is 0 Å². The molecule has 0 amide bonds. The topological polar surface area (TPSA) is 17.1 Å². The van der Waals surface area contributed by atoms with E-state index in [-0.39, 0.29) is 15.6 Å². The van der Waals surface area contributed by atoms with E-state index in [9.17, 15) is 18.0 Å². The Morgan fingerprint density at radius 2 is 1.62 bits per heavy atom. The van der Waals surface area contributed by atoms with Gasteiger partial charge in [0, 0.05) is 5.56 Å². The van der Waals surface area contributed by atoms with Gasteiger partial charge in [0.1, 0.15) is 6.29 Å². The van der Waals surface area contributed by atoms with Crippen LogP contribution in [0, 0.1) is 6.92 Å². The summed E-state index contributed by atoms with van der Waals surface area (Å²) in [6.07, 6.45) is -1.37. The molecule has 0 radical (unpaired) electrons. The first-order valence-corrected chi connectivity index (χ1v) is 7.73. The van der Waals surface area contributed by atoms with E-state index in [4.69, 9.17) is 23.2 Å². The summed E-state index contributed by atoms with van der Waals surface area (Å²) in [5.41, 5.74) is 1.53. The lowest BCUT2D eigenvalue weighted by Gasteiger charge is -2.18. The fourth-order valence-corrected chi connectivity index (χ4v) is 2.62. The highest BCUT2D eigenvalue weighted by molar-refractivity contribution is 6.42. The summed E-state index contributed by atoms with van der Waals surface area (Å²) >= 11 is 11.8. The van der Waals surface area contributed by atoms with Crippen LogP contribution >= 0.6 is 23.2 Å². The van der Waals surface area contributed by atoms with Crippen molar-refractivity contribution in [1.29, 1.82) is 0 Å². The van der Waals surface area contributed by atoms with Crippen LogP contribution in [0.3, 0.4) is 0 Å². The summed E-state index contributed by atoms with van der Waals surface area (Å²) in [7, 11) is 0. The first kappa shape index (κ1) is 18.6. The van der Waals surface area contributed by atoms with Crippen molar-refractivity contribution in [2.45, 2.75) is 19.0 Å². The third-order valence-electron chi connectivity index (χ3n) is 3.50. The number of halogens is 5. The molecule has 0 spiro atoms. The molecule has 0 heterocycles. The molecular formula is C18H13Cl2F3O. The molecule has 0 aromatic heterocycles.